The standard InChI is InChI=1S/C15H18ClN3O/c1-10(2)19-14(13(16)9-18-19)15(20)12(8-17)11-6-4-3-5-7-11/h3-7,9-10,12H,8,17H2,1-2H3. The number of ketones is 1. The molecule has 1 unspecified atom stereocenters. The number of Topliss-reactive ketones (excluding diaryl/α,β-unsaturated/α-hetero) is 1. The van der Waals surface area contributed by atoms with Crippen molar-refractivity contribution in [3.63, 3.8) is 0 Å². The minimum absolute atomic E-state index is 0.0654. The first kappa shape index (κ1) is 14.8. The topological polar surface area (TPSA) is 60.9 Å². The first-order chi connectivity index (χ1) is 9.56. The maximum Gasteiger partial charge on any atom is 0.191 e. The third kappa shape index (κ3) is 2.76. The van der Waals surface area contributed by atoms with Crippen LogP contribution in [0.15, 0.2) is 36.5 Å². The summed E-state index contributed by atoms with van der Waals surface area (Å²) in [6.45, 7) is 4.16. The van der Waals surface area contributed by atoms with Crippen molar-refractivity contribution in [2.24, 2.45) is 5.73 Å². The lowest BCUT2D eigenvalue weighted by atomic mass is 9.93. The largest absolute Gasteiger partial charge is 0.329 e. The van der Waals surface area contributed by atoms with E-state index in [9.17, 15) is 4.79 Å². The number of aromatic nitrogens is 2. The van der Waals surface area contributed by atoms with Crippen molar-refractivity contribution in [3.8, 4) is 0 Å². The third-order valence-corrected chi connectivity index (χ3v) is 3.50. The summed E-state index contributed by atoms with van der Waals surface area (Å²) in [6.07, 6.45) is 1.51. The van der Waals surface area contributed by atoms with Gasteiger partial charge < -0.3 is 5.73 Å². The van der Waals surface area contributed by atoms with Crippen LogP contribution in [0.1, 0.15) is 41.9 Å². The van der Waals surface area contributed by atoms with Gasteiger partial charge in [0.15, 0.2) is 5.78 Å². The van der Waals surface area contributed by atoms with Crippen LogP contribution in [0.5, 0.6) is 0 Å². The minimum Gasteiger partial charge on any atom is -0.329 e. The molecular weight excluding hydrogens is 274 g/mol. The van der Waals surface area contributed by atoms with Crippen molar-refractivity contribution in [3.05, 3.63) is 52.8 Å². The maximum absolute atomic E-state index is 12.8. The highest BCUT2D eigenvalue weighted by Gasteiger charge is 2.27. The molecule has 1 aromatic heterocycles. The molecule has 0 amide bonds. The van der Waals surface area contributed by atoms with E-state index in [1.54, 1.807) is 4.68 Å². The number of rotatable bonds is 5. The predicted molar refractivity (Wildman–Crippen MR) is 80.2 cm³/mol. The number of nitrogens with zero attached hydrogens (tertiary/aromatic N) is 2. The Balaban J connectivity index is 2.42. The zero-order valence-corrected chi connectivity index (χ0v) is 12.3. The quantitative estimate of drug-likeness (QED) is 0.861. The highest BCUT2D eigenvalue weighted by atomic mass is 35.5. The number of hydrogen-bond acceptors (Lipinski definition) is 3. The van der Waals surface area contributed by atoms with Crippen LogP contribution in [0.3, 0.4) is 0 Å². The number of benzene rings is 1. The lowest BCUT2D eigenvalue weighted by Crippen LogP contribution is -2.25. The maximum atomic E-state index is 12.8. The molecule has 0 radical (unpaired) electrons. The summed E-state index contributed by atoms with van der Waals surface area (Å²) < 4.78 is 1.65. The van der Waals surface area contributed by atoms with Gasteiger partial charge in [-0.05, 0) is 19.4 Å². The van der Waals surface area contributed by atoms with Gasteiger partial charge in [-0.15, -0.1) is 0 Å². The number of carbonyl (C=O) groups is 1. The Labute approximate surface area is 123 Å². The van der Waals surface area contributed by atoms with E-state index < -0.39 is 5.92 Å². The minimum atomic E-state index is -0.400. The molecule has 1 atom stereocenters. The van der Waals surface area contributed by atoms with E-state index >= 15 is 0 Å². The van der Waals surface area contributed by atoms with E-state index in [1.165, 1.54) is 6.20 Å². The first-order valence-corrected chi connectivity index (χ1v) is 6.96. The second kappa shape index (κ2) is 6.20. The fraction of sp³-hybridized carbons (Fsp3) is 0.333. The summed E-state index contributed by atoms with van der Waals surface area (Å²) in [5.74, 6) is -0.488. The van der Waals surface area contributed by atoms with Gasteiger partial charge in [-0.1, -0.05) is 41.9 Å². The zero-order chi connectivity index (χ0) is 14.7. The van der Waals surface area contributed by atoms with E-state index in [2.05, 4.69) is 5.10 Å². The molecule has 0 spiro atoms. The zero-order valence-electron chi connectivity index (χ0n) is 11.6. The third-order valence-electron chi connectivity index (χ3n) is 3.23. The summed E-state index contributed by atoms with van der Waals surface area (Å²) in [4.78, 5) is 12.8. The van der Waals surface area contributed by atoms with Crippen molar-refractivity contribution in [1.29, 1.82) is 0 Å². The molecule has 2 rings (SSSR count). The number of halogens is 1. The van der Waals surface area contributed by atoms with Gasteiger partial charge in [-0.25, -0.2) is 0 Å². The van der Waals surface area contributed by atoms with Crippen molar-refractivity contribution >= 4 is 17.4 Å². The van der Waals surface area contributed by atoms with Crippen LogP contribution in [0.2, 0.25) is 5.02 Å². The van der Waals surface area contributed by atoms with Crippen molar-refractivity contribution < 1.29 is 4.79 Å². The molecule has 2 aromatic rings. The van der Waals surface area contributed by atoms with Crippen LogP contribution in [0.4, 0.5) is 0 Å². The van der Waals surface area contributed by atoms with Gasteiger partial charge in [0.2, 0.25) is 0 Å². The second-order valence-electron chi connectivity index (χ2n) is 4.94. The van der Waals surface area contributed by atoms with Gasteiger partial charge in [0.05, 0.1) is 17.1 Å². The molecule has 0 aliphatic rings. The fourth-order valence-electron chi connectivity index (χ4n) is 2.21. The van der Waals surface area contributed by atoms with Crippen LogP contribution in [0, 0.1) is 0 Å². The average Bonchev–Trinajstić information content (AvgIpc) is 2.82. The molecular formula is C15H18ClN3O. The molecule has 5 heteroatoms. The Morgan fingerprint density at radius 2 is 2.00 bits per heavy atom. The molecule has 0 aliphatic carbocycles. The lowest BCUT2D eigenvalue weighted by Gasteiger charge is -2.17. The lowest BCUT2D eigenvalue weighted by molar-refractivity contribution is 0.0950. The van der Waals surface area contributed by atoms with E-state index in [0.717, 1.165) is 5.56 Å². The smallest absolute Gasteiger partial charge is 0.191 e. The Morgan fingerprint density at radius 3 is 2.55 bits per heavy atom. The molecule has 20 heavy (non-hydrogen) atoms. The molecule has 2 N–H and O–H groups in total. The van der Waals surface area contributed by atoms with Gasteiger partial charge in [0.1, 0.15) is 5.69 Å². The monoisotopic (exact) mass is 291 g/mol. The van der Waals surface area contributed by atoms with Crippen LogP contribution < -0.4 is 5.73 Å². The predicted octanol–water partition coefficient (Wildman–Crippen LogP) is 3.04. The Hall–Kier alpha value is -1.65. The van der Waals surface area contributed by atoms with E-state index in [0.29, 0.717) is 10.7 Å². The summed E-state index contributed by atoms with van der Waals surface area (Å²) in [6, 6.07) is 9.57. The van der Waals surface area contributed by atoms with E-state index in [1.807, 2.05) is 44.2 Å². The average molecular weight is 292 g/mol. The molecule has 1 aromatic carbocycles. The summed E-state index contributed by atoms with van der Waals surface area (Å²) in [7, 11) is 0. The molecule has 0 aliphatic heterocycles. The van der Waals surface area contributed by atoms with Crippen molar-refractivity contribution in [2.45, 2.75) is 25.8 Å². The Bertz CT molecular complexity index is 592. The molecule has 0 saturated heterocycles. The normalized spacial score (nSPS) is 12.7. The first-order valence-electron chi connectivity index (χ1n) is 6.58. The van der Waals surface area contributed by atoms with Crippen molar-refractivity contribution in [2.75, 3.05) is 6.54 Å². The van der Waals surface area contributed by atoms with Crippen LogP contribution >= 0.6 is 11.6 Å². The fourth-order valence-corrected chi connectivity index (χ4v) is 2.43. The molecule has 0 saturated carbocycles. The van der Waals surface area contributed by atoms with Crippen LogP contribution in [-0.2, 0) is 0 Å². The highest BCUT2D eigenvalue weighted by molar-refractivity contribution is 6.33. The SMILES string of the molecule is CC(C)n1ncc(Cl)c1C(=O)C(CN)c1ccccc1. The van der Waals surface area contributed by atoms with Gasteiger partial charge in [0, 0.05) is 12.6 Å². The van der Waals surface area contributed by atoms with E-state index in [4.69, 9.17) is 17.3 Å². The van der Waals surface area contributed by atoms with Gasteiger partial charge >= 0.3 is 0 Å². The highest BCUT2D eigenvalue weighted by Crippen LogP contribution is 2.26. The Morgan fingerprint density at radius 1 is 1.35 bits per heavy atom. The molecule has 106 valence electrons. The Kier molecular flexibility index (Phi) is 4.57. The van der Waals surface area contributed by atoms with Gasteiger partial charge in [-0.2, -0.15) is 5.10 Å². The number of hydrogen-bond donors (Lipinski definition) is 1. The number of nitrogens with two attached hydrogens (primary N) is 1. The van der Waals surface area contributed by atoms with Crippen LogP contribution in [-0.4, -0.2) is 22.1 Å². The van der Waals surface area contributed by atoms with E-state index in [-0.39, 0.29) is 18.4 Å². The molecule has 4 nitrogen and oxygen atoms in total. The number of carbonyl (C=O) groups excluding carboxylic acids is 1. The second-order valence-corrected chi connectivity index (χ2v) is 5.35. The molecule has 0 bridgehead atoms. The molecule has 1 heterocycles. The molecule has 0 fully saturated rings. The summed E-state index contributed by atoms with van der Waals surface area (Å²) >= 11 is 6.13. The van der Waals surface area contributed by atoms with Crippen LogP contribution in [0.25, 0.3) is 0 Å². The van der Waals surface area contributed by atoms with Crippen molar-refractivity contribution in [1.82, 2.24) is 9.78 Å². The summed E-state index contributed by atoms with van der Waals surface area (Å²) in [5, 5.41) is 4.54. The summed E-state index contributed by atoms with van der Waals surface area (Å²) in [5.41, 5.74) is 7.12. The van der Waals surface area contributed by atoms with Gasteiger partial charge in [-0.3, -0.25) is 9.48 Å². The van der Waals surface area contributed by atoms with Gasteiger partial charge in [0.25, 0.3) is 0 Å².